The van der Waals surface area contributed by atoms with Crippen LogP contribution in [0.5, 0.6) is 0 Å². The SMILES string of the molecule is CCCCCC1CCC(CCCCC)CC1. The Labute approximate surface area is 103 Å². The summed E-state index contributed by atoms with van der Waals surface area (Å²) in [6.45, 7) is 4.62. The zero-order valence-corrected chi connectivity index (χ0v) is 11.6. The summed E-state index contributed by atoms with van der Waals surface area (Å²) in [5.74, 6) is 2.18. The van der Waals surface area contributed by atoms with Crippen molar-refractivity contribution in [2.24, 2.45) is 11.8 Å². The van der Waals surface area contributed by atoms with Gasteiger partial charge in [-0.1, -0.05) is 90.9 Å². The van der Waals surface area contributed by atoms with Gasteiger partial charge in [-0.25, -0.2) is 0 Å². The van der Waals surface area contributed by atoms with Gasteiger partial charge in [0.25, 0.3) is 0 Å². The molecule has 16 heavy (non-hydrogen) atoms. The van der Waals surface area contributed by atoms with Gasteiger partial charge in [-0.15, -0.1) is 0 Å². The predicted molar refractivity (Wildman–Crippen MR) is 73.7 cm³/mol. The standard InChI is InChI=1S/C16H32/c1-3-5-7-9-15-11-13-16(14-12-15)10-8-6-4-2/h15-16H,3-14H2,1-2H3. The number of rotatable bonds is 8. The Hall–Kier alpha value is 0. The van der Waals surface area contributed by atoms with E-state index >= 15 is 0 Å². The fourth-order valence-electron chi connectivity index (χ4n) is 3.17. The van der Waals surface area contributed by atoms with E-state index in [0.29, 0.717) is 0 Å². The molecule has 1 fully saturated rings. The average molecular weight is 224 g/mol. The fraction of sp³-hybridized carbons (Fsp3) is 1.00. The highest BCUT2D eigenvalue weighted by atomic mass is 14.3. The summed E-state index contributed by atoms with van der Waals surface area (Å²) in [6, 6.07) is 0. The first-order chi connectivity index (χ1) is 7.86. The van der Waals surface area contributed by atoms with Crippen LogP contribution in [0.4, 0.5) is 0 Å². The van der Waals surface area contributed by atoms with E-state index in [1.54, 1.807) is 25.7 Å². The Morgan fingerprint density at radius 3 is 1.31 bits per heavy atom. The molecule has 0 aliphatic heterocycles. The third kappa shape index (κ3) is 5.92. The van der Waals surface area contributed by atoms with Crippen LogP contribution in [0.2, 0.25) is 0 Å². The minimum atomic E-state index is 1.09. The van der Waals surface area contributed by atoms with Gasteiger partial charge in [-0.05, 0) is 11.8 Å². The van der Waals surface area contributed by atoms with Crippen molar-refractivity contribution >= 4 is 0 Å². The third-order valence-electron chi connectivity index (χ3n) is 4.40. The minimum Gasteiger partial charge on any atom is -0.0654 e. The number of hydrogen-bond acceptors (Lipinski definition) is 0. The Kier molecular flexibility index (Phi) is 7.98. The molecule has 0 saturated heterocycles. The monoisotopic (exact) mass is 224 g/mol. The molecule has 0 atom stereocenters. The van der Waals surface area contributed by atoms with E-state index < -0.39 is 0 Å². The molecule has 1 aliphatic carbocycles. The van der Waals surface area contributed by atoms with E-state index in [0.717, 1.165) is 11.8 Å². The predicted octanol–water partition coefficient (Wildman–Crippen LogP) is 5.95. The first-order valence-corrected chi connectivity index (χ1v) is 7.86. The van der Waals surface area contributed by atoms with E-state index in [-0.39, 0.29) is 0 Å². The quantitative estimate of drug-likeness (QED) is 0.447. The Bertz CT molecular complexity index is 124. The second-order valence-corrected chi connectivity index (χ2v) is 5.88. The van der Waals surface area contributed by atoms with Gasteiger partial charge < -0.3 is 0 Å². The zero-order valence-electron chi connectivity index (χ0n) is 11.6. The Balaban J connectivity index is 2.00. The molecule has 0 heterocycles. The molecule has 1 saturated carbocycles. The van der Waals surface area contributed by atoms with Gasteiger partial charge in [0.1, 0.15) is 0 Å². The van der Waals surface area contributed by atoms with Crippen LogP contribution >= 0.6 is 0 Å². The molecule has 0 aromatic rings. The van der Waals surface area contributed by atoms with E-state index in [1.807, 2.05) is 0 Å². The van der Waals surface area contributed by atoms with Crippen LogP contribution in [0.15, 0.2) is 0 Å². The summed E-state index contributed by atoms with van der Waals surface area (Å²) < 4.78 is 0. The first-order valence-electron chi connectivity index (χ1n) is 7.86. The average Bonchev–Trinajstić information content (AvgIpc) is 2.32. The van der Waals surface area contributed by atoms with E-state index in [1.165, 1.54) is 51.4 Å². The number of hydrogen-bond donors (Lipinski definition) is 0. The Morgan fingerprint density at radius 2 is 1.00 bits per heavy atom. The summed E-state index contributed by atoms with van der Waals surface area (Å²) in [7, 11) is 0. The van der Waals surface area contributed by atoms with Crippen LogP contribution in [-0.2, 0) is 0 Å². The van der Waals surface area contributed by atoms with Crippen molar-refractivity contribution < 1.29 is 0 Å². The zero-order chi connectivity index (χ0) is 11.6. The molecule has 0 amide bonds. The van der Waals surface area contributed by atoms with Crippen LogP contribution in [0.1, 0.15) is 90.9 Å². The second kappa shape index (κ2) is 9.07. The van der Waals surface area contributed by atoms with Crippen LogP contribution in [0, 0.1) is 11.8 Å². The van der Waals surface area contributed by atoms with E-state index in [4.69, 9.17) is 0 Å². The lowest BCUT2D eigenvalue weighted by Gasteiger charge is -2.28. The molecule has 0 unspecified atom stereocenters. The van der Waals surface area contributed by atoms with Gasteiger partial charge in [-0.2, -0.15) is 0 Å². The topological polar surface area (TPSA) is 0 Å². The van der Waals surface area contributed by atoms with Gasteiger partial charge >= 0.3 is 0 Å². The van der Waals surface area contributed by atoms with E-state index in [2.05, 4.69) is 13.8 Å². The van der Waals surface area contributed by atoms with Crippen molar-refractivity contribution in [1.29, 1.82) is 0 Å². The van der Waals surface area contributed by atoms with Crippen molar-refractivity contribution in [2.45, 2.75) is 90.9 Å². The minimum absolute atomic E-state index is 1.09. The van der Waals surface area contributed by atoms with Crippen LogP contribution < -0.4 is 0 Å². The lowest BCUT2D eigenvalue weighted by molar-refractivity contribution is 0.245. The van der Waals surface area contributed by atoms with Gasteiger partial charge in [0.15, 0.2) is 0 Å². The molecule has 0 spiro atoms. The first kappa shape index (κ1) is 14.1. The lowest BCUT2D eigenvalue weighted by atomic mass is 9.78. The molecular formula is C16H32. The molecule has 0 bridgehead atoms. The van der Waals surface area contributed by atoms with Gasteiger partial charge in [0.2, 0.25) is 0 Å². The smallest absolute Gasteiger partial charge is 0.0414 e. The maximum atomic E-state index is 2.31. The summed E-state index contributed by atoms with van der Waals surface area (Å²) in [4.78, 5) is 0. The molecule has 96 valence electrons. The molecule has 0 aromatic heterocycles. The summed E-state index contributed by atoms with van der Waals surface area (Å²) in [5.41, 5.74) is 0. The van der Waals surface area contributed by atoms with Crippen LogP contribution in [0.3, 0.4) is 0 Å². The van der Waals surface area contributed by atoms with Gasteiger partial charge in [-0.3, -0.25) is 0 Å². The fourth-order valence-corrected chi connectivity index (χ4v) is 3.17. The number of unbranched alkanes of at least 4 members (excludes halogenated alkanes) is 4. The highest BCUT2D eigenvalue weighted by Gasteiger charge is 2.20. The van der Waals surface area contributed by atoms with Crippen molar-refractivity contribution in [3.63, 3.8) is 0 Å². The molecule has 0 radical (unpaired) electrons. The molecule has 0 heteroatoms. The van der Waals surface area contributed by atoms with Crippen molar-refractivity contribution in [1.82, 2.24) is 0 Å². The highest BCUT2D eigenvalue weighted by Crippen LogP contribution is 2.34. The molecule has 0 N–H and O–H groups in total. The van der Waals surface area contributed by atoms with E-state index in [9.17, 15) is 0 Å². The normalized spacial score (nSPS) is 25.9. The lowest BCUT2D eigenvalue weighted by Crippen LogP contribution is -2.14. The largest absolute Gasteiger partial charge is 0.0654 e. The third-order valence-corrected chi connectivity index (χ3v) is 4.40. The van der Waals surface area contributed by atoms with Crippen molar-refractivity contribution in [3.05, 3.63) is 0 Å². The molecule has 1 aliphatic rings. The molecular weight excluding hydrogens is 192 g/mol. The Morgan fingerprint density at radius 1 is 0.625 bits per heavy atom. The van der Waals surface area contributed by atoms with Crippen molar-refractivity contribution in [2.75, 3.05) is 0 Å². The molecule has 0 aromatic carbocycles. The van der Waals surface area contributed by atoms with Gasteiger partial charge in [0.05, 0.1) is 0 Å². The van der Waals surface area contributed by atoms with Crippen LogP contribution in [0.25, 0.3) is 0 Å². The van der Waals surface area contributed by atoms with Gasteiger partial charge in [0, 0.05) is 0 Å². The molecule has 0 nitrogen and oxygen atoms in total. The summed E-state index contributed by atoms with van der Waals surface area (Å²) >= 11 is 0. The second-order valence-electron chi connectivity index (χ2n) is 5.88. The summed E-state index contributed by atoms with van der Waals surface area (Å²) in [6.07, 6.45) is 17.9. The maximum absolute atomic E-state index is 2.31. The highest BCUT2D eigenvalue weighted by molar-refractivity contribution is 4.72. The molecule has 1 rings (SSSR count). The summed E-state index contributed by atoms with van der Waals surface area (Å²) in [5, 5.41) is 0. The maximum Gasteiger partial charge on any atom is -0.0414 e. The van der Waals surface area contributed by atoms with Crippen LogP contribution in [-0.4, -0.2) is 0 Å². The van der Waals surface area contributed by atoms with Crippen molar-refractivity contribution in [3.8, 4) is 0 Å².